The molecule has 1 rings (SSSR count). The lowest BCUT2D eigenvalue weighted by molar-refractivity contribution is -0.700. The highest BCUT2D eigenvalue weighted by Gasteiger charge is 2.20. The fourth-order valence-electron chi connectivity index (χ4n) is 1.48. The van der Waals surface area contributed by atoms with Gasteiger partial charge in [0.2, 0.25) is 0 Å². The minimum atomic E-state index is -6.00. The van der Waals surface area contributed by atoms with Crippen molar-refractivity contribution < 1.29 is 21.8 Å². The van der Waals surface area contributed by atoms with Crippen LogP contribution in [0.25, 0.3) is 0 Å². The lowest BCUT2D eigenvalue weighted by atomic mass is 10.3. The molecule has 2 nitrogen and oxygen atoms in total. The fraction of sp³-hybridized carbons (Fsp3) is 0.667. The van der Waals surface area contributed by atoms with Crippen LogP contribution in [0.15, 0.2) is 12.4 Å². The van der Waals surface area contributed by atoms with E-state index in [1.54, 1.807) is 0 Å². The van der Waals surface area contributed by atoms with E-state index in [-0.39, 0.29) is 0 Å². The third kappa shape index (κ3) is 5.77. The van der Waals surface area contributed by atoms with E-state index in [4.69, 9.17) is 0 Å². The van der Waals surface area contributed by atoms with Gasteiger partial charge in [0.1, 0.15) is 12.4 Å². The summed E-state index contributed by atoms with van der Waals surface area (Å²) in [6, 6.07) is 0. The van der Waals surface area contributed by atoms with E-state index in [0.717, 1.165) is 19.5 Å². The van der Waals surface area contributed by atoms with Crippen LogP contribution in [-0.2, 0) is 19.5 Å². The summed E-state index contributed by atoms with van der Waals surface area (Å²) in [5.41, 5.74) is 0. The second-order valence-electron chi connectivity index (χ2n) is 3.13. The molecule has 94 valence electrons. The Labute approximate surface area is 93.0 Å². The Morgan fingerprint density at radius 3 is 2.00 bits per heavy atom. The summed E-state index contributed by atoms with van der Waals surface area (Å²) >= 11 is 0. The molecule has 0 aliphatic carbocycles. The number of imidazole rings is 1. The van der Waals surface area contributed by atoms with Gasteiger partial charge in [-0.3, -0.25) is 0 Å². The summed E-state index contributed by atoms with van der Waals surface area (Å²) in [7, 11) is -6.00. The maximum absolute atomic E-state index is 9.75. The summed E-state index contributed by atoms with van der Waals surface area (Å²) in [5.74, 6) is 1.43. The minimum Gasteiger partial charge on any atom is -0.418 e. The Kier molecular flexibility index (Phi) is 6.14. The van der Waals surface area contributed by atoms with Gasteiger partial charge in [0.25, 0.3) is 5.82 Å². The number of hydrogen-bond donors (Lipinski definition) is 0. The van der Waals surface area contributed by atoms with Crippen molar-refractivity contribution >= 4 is 7.25 Å². The van der Waals surface area contributed by atoms with Crippen molar-refractivity contribution in [2.75, 3.05) is 0 Å². The molecule has 0 saturated heterocycles. The van der Waals surface area contributed by atoms with Crippen LogP contribution in [0, 0.1) is 0 Å². The van der Waals surface area contributed by atoms with E-state index in [0.29, 0.717) is 0 Å². The molecule has 0 radical (unpaired) electrons. The highest BCUT2D eigenvalue weighted by atomic mass is 19.5. The Balaban J connectivity index is 0.000000385. The molecular formula is C9H17BF4N2. The lowest BCUT2D eigenvalue weighted by Crippen LogP contribution is -2.35. The average molecular weight is 240 g/mol. The Morgan fingerprint density at radius 2 is 1.69 bits per heavy atom. The summed E-state index contributed by atoms with van der Waals surface area (Å²) < 4.78 is 43.6. The van der Waals surface area contributed by atoms with Crippen LogP contribution in [-0.4, -0.2) is 11.8 Å². The van der Waals surface area contributed by atoms with Gasteiger partial charge in [0, 0.05) is 6.42 Å². The molecule has 7 heteroatoms. The number of aryl methyl sites for hydroxylation is 2. The zero-order valence-corrected chi connectivity index (χ0v) is 9.76. The Morgan fingerprint density at radius 1 is 1.19 bits per heavy atom. The first-order valence-electron chi connectivity index (χ1n) is 5.28. The quantitative estimate of drug-likeness (QED) is 0.436. The molecule has 0 aromatic carbocycles. The van der Waals surface area contributed by atoms with E-state index in [1.807, 2.05) is 0 Å². The predicted molar refractivity (Wildman–Crippen MR) is 55.5 cm³/mol. The van der Waals surface area contributed by atoms with Gasteiger partial charge < -0.3 is 17.3 Å². The van der Waals surface area contributed by atoms with Crippen molar-refractivity contribution in [2.24, 2.45) is 0 Å². The monoisotopic (exact) mass is 240 g/mol. The molecule has 1 aromatic rings. The summed E-state index contributed by atoms with van der Waals surface area (Å²) in [6.45, 7) is 8.72. The SMILES string of the molecule is CCc1n(CC)cc[n+]1CC.F[B-](F)(F)F. The molecule has 0 aliphatic heterocycles. The highest BCUT2D eigenvalue weighted by molar-refractivity contribution is 6.50. The first-order chi connectivity index (χ1) is 7.33. The van der Waals surface area contributed by atoms with Gasteiger partial charge in [-0.1, -0.05) is 6.92 Å². The highest BCUT2D eigenvalue weighted by Crippen LogP contribution is 2.06. The van der Waals surface area contributed by atoms with Gasteiger partial charge in [-0.05, 0) is 13.8 Å². The van der Waals surface area contributed by atoms with Gasteiger partial charge in [-0.15, -0.1) is 0 Å². The van der Waals surface area contributed by atoms with E-state index in [2.05, 4.69) is 42.3 Å². The van der Waals surface area contributed by atoms with Crippen molar-refractivity contribution in [2.45, 2.75) is 40.3 Å². The first kappa shape index (κ1) is 15.0. The van der Waals surface area contributed by atoms with Crippen LogP contribution in [0.3, 0.4) is 0 Å². The maximum atomic E-state index is 9.75. The van der Waals surface area contributed by atoms with E-state index < -0.39 is 7.25 Å². The number of nitrogens with zero attached hydrogens (tertiary/aromatic N) is 2. The zero-order chi connectivity index (χ0) is 12.8. The number of aromatic nitrogens is 2. The second kappa shape index (κ2) is 6.55. The number of halogens is 4. The van der Waals surface area contributed by atoms with Crippen molar-refractivity contribution in [1.82, 2.24) is 4.57 Å². The summed E-state index contributed by atoms with van der Waals surface area (Å²) in [6.07, 6.45) is 5.43. The normalized spacial score (nSPS) is 10.9. The largest absolute Gasteiger partial charge is 0.673 e. The lowest BCUT2D eigenvalue weighted by Gasteiger charge is -1.97. The Hall–Kier alpha value is -1.01. The molecule has 0 amide bonds. The van der Waals surface area contributed by atoms with E-state index >= 15 is 0 Å². The molecule has 1 heterocycles. The van der Waals surface area contributed by atoms with Gasteiger partial charge in [-0.2, -0.15) is 0 Å². The van der Waals surface area contributed by atoms with Crippen molar-refractivity contribution in [3.05, 3.63) is 18.2 Å². The molecule has 0 saturated carbocycles. The van der Waals surface area contributed by atoms with Crippen molar-refractivity contribution in [3.8, 4) is 0 Å². The van der Waals surface area contributed by atoms with Crippen molar-refractivity contribution in [3.63, 3.8) is 0 Å². The number of hydrogen-bond acceptors (Lipinski definition) is 0. The van der Waals surface area contributed by atoms with Gasteiger partial charge in [0.05, 0.1) is 13.1 Å². The third-order valence-electron chi connectivity index (χ3n) is 2.09. The third-order valence-corrected chi connectivity index (χ3v) is 2.09. The first-order valence-corrected chi connectivity index (χ1v) is 5.28. The molecule has 0 atom stereocenters. The molecular weight excluding hydrogens is 223 g/mol. The molecule has 0 spiro atoms. The van der Waals surface area contributed by atoms with Crippen LogP contribution >= 0.6 is 0 Å². The van der Waals surface area contributed by atoms with Crippen molar-refractivity contribution in [1.29, 1.82) is 0 Å². The van der Waals surface area contributed by atoms with Gasteiger partial charge >= 0.3 is 7.25 Å². The zero-order valence-electron chi connectivity index (χ0n) is 9.76. The molecule has 1 aromatic heterocycles. The molecule has 0 fully saturated rings. The van der Waals surface area contributed by atoms with Gasteiger partial charge in [-0.25, -0.2) is 9.13 Å². The molecule has 0 aliphatic rings. The summed E-state index contributed by atoms with van der Waals surface area (Å²) in [5, 5.41) is 0. The van der Waals surface area contributed by atoms with Crippen LogP contribution < -0.4 is 4.57 Å². The van der Waals surface area contributed by atoms with E-state index in [9.17, 15) is 17.3 Å². The topological polar surface area (TPSA) is 8.81 Å². The Bertz CT molecular complexity index is 281. The maximum Gasteiger partial charge on any atom is 0.673 e. The average Bonchev–Trinajstić information content (AvgIpc) is 2.56. The molecule has 0 bridgehead atoms. The summed E-state index contributed by atoms with van der Waals surface area (Å²) in [4.78, 5) is 0. The van der Waals surface area contributed by atoms with Crippen LogP contribution in [0.5, 0.6) is 0 Å². The van der Waals surface area contributed by atoms with Crippen LogP contribution in [0.4, 0.5) is 17.3 Å². The predicted octanol–water partition coefficient (Wildman–Crippen LogP) is 2.68. The van der Waals surface area contributed by atoms with Crippen LogP contribution in [0.1, 0.15) is 26.6 Å². The minimum absolute atomic E-state index is 1.08. The standard InChI is InChI=1S/C9H17N2.BF4/c1-4-9-10(5-2)7-8-11(9)6-3;2-1(3,4)5/h7-8H,4-6H2,1-3H3;/q+1;-1. The fourth-order valence-corrected chi connectivity index (χ4v) is 1.48. The van der Waals surface area contributed by atoms with Gasteiger partial charge in [0.15, 0.2) is 0 Å². The van der Waals surface area contributed by atoms with E-state index in [1.165, 1.54) is 5.82 Å². The number of rotatable bonds is 3. The molecule has 0 N–H and O–H groups in total. The molecule has 16 heavy (non-hydrogen) atoms. The van der Waals surface area contributed by atoms with Crippen LogP contribution in [0.2, 0.25) is 0 Å². The molecule has 0 unspecified atom stereocenters. The second-order valence-corrected chi connectivity index (χ2v) is 3.13. The smallest absolute Gasteiger partial charge is 0.418 e.